The van der Waals surface area contributed by atoms with E-state index in [0.29, 0.717) is 11.1 Å². The number of hydrogen-bond acceptors (Lipinski definition) is 6. The zero-order chi connectivity index (χ0) is 18.7. The molecule has 132 valence electrons. The molecule has 2 rings (SSSR count). The van der Waals surface area contributed by atoms with E-state index in [0.717, 1.165) is 22.5 Å². The van der Waals surface area contributed by atoms with Gasteiger partial charge in [0, 0.05) is 5.56 Å². The molecule has 0 radical (unpaired) electrons. The number of ether oxygens (including phenoxy) is 2. The van der Waals surface area contributed by atoms with Gasteiger partial charge in [0.15, 0.2) is 0 Å². The van der Waals surface area contributed by atoms with E-state index in [4.69, 9.17) is 9.47 Å². The van der Waals surface area contributed by atoms with Crippen molar-refractivity contribution in [1.82, 2.24) is 0 Å². The highest BCUT2D eigenvalue weighted by Gasteiger charge is 2.27. The Bertz CT molecular complexity index is 853. The van der Waals surface area contributed by atoms with Crippen LogP contribution in [0.25, 0.3) is 0 Å². The number of aryl methyl sites for hydroxylation is 2. The van der Waals surface area contributed by atoms with Gasteiger partial charge in [0.1, 0.15) is 9.88 Å². The van der Waals surface area contributed by atoms with Gasteiger partial charge in [-0.25, -0.2) is 9.59 Å². The Morgan fingerprint density at radius 2 is 1.64 bits per heavy atom. The largest absolute Gasteiger partial charge is 0.465 e. The van der Waals surface area contributed by atoms with Crippen molar-refractivity contribution >= 4 is 34.2 Å². The molecule has 0 saturated carbocycles. The van der Waals surface area contributed by atoms with Crippen LogP contribution < -0.4 is 5.32 Å². The SMILES string of the molecule is COC(=O)c1sc(NC(=O)c2ccc(C)cc2C)c(C(=O)OC)c1C. The van der Waals surface area contributed by atoms with E-state index in [1.54, 1.807) is 13.0 Å². The third-order valence-electron chi connectivity index (χ3n) is 3.76. The van der Waals surface area contributed by atoms with E-state index >= 15 is 0 Å². The van der Waals surface area contributed by atoms with E-state index in [1.165, 1.54) is 14.2 Å². The maximum absolute atomic E-state index is 12.6. The van der Waals surface area contributed by atoms with Gasteiger partial charge in [-0.1, -0.05) is 17.7 Å². The predicted molar refractivity (Wildman–Crippen MR) is 95.6 cm³/mol. The third kappa shape index (κ3) is 3.71. The van der Waals surface area contributed by atoms with Crippen LogP contribution in [-0.4, -0.2) is 32.1 Å². The zero-order valence-electron chi connectivity index (χ0n) is 14.7. The lowest BCUT2D eigenvalue weighted by atomic mass is 10.1. The molecular formula is C18H19NO5S. The molecule has 0 fully saturated rings. The maximum atomic E-state index is 12.6. The number of benzene rings is 1. The summed E-state index contributed by atoms with van der Waals surface area (Å²) >= 11 is 0.987. The van der Waals surface area contributed by atoms with Crippen LogP contribution in [0.15, 0.2) is 18.2 Å². The number of hydrogen-bond donors (Lipinski definition) is 1. The van der Waals surface area contributed by atoms with Crippen LogP contribution in [0, 0.1) is 20.8 Å². The van der Waals surface area contributed by atoms with Crippen molar-refractivity contribution in [2.75, 3.05) is 19.5 Å². The number of thiophene rings is 1. The Labute approximate surface area is 149 Å². The van der Waals surface area contributed by atoms with Crippen molar-refractivity contribution in [2.45, 2.75) is 20.8 Å². The highest BCUT2D eigenvalue weighted by atomic mass is 32.1. The van der Waals surface area contributed by atoms with E-state index in [-0.39, 0.29) is 21.3 Å². The predicted octanol–water partition coefficient (Wildman–Crippen LogP) is 3.50. The van der Waals surface area contributed by atoms with Crippen molar-refractivity contribution in [3.63, 3.8) is 0 Å². The molecule has 0 aliphatic carbocycles. The van der Waals surface area contributed by atoms with E-state index < -0.39 is 11.9 Å². The van der Waals surface area contributed by atoms with Crippen LogP contribution >= 0.6 is 11.3 Å². The molecule has 0 saturated heterocycles. The van der Waals surface area contributed by atoms with Crippen LogP contribution in [0.3, 0.4) is 0 Å². The smallest absolute Gasteiger partial charge is 0.348 e. The highest BCUT2D eigenvalue weighted by molar-refractivity contribution is 7.18. The minimum absolute atomic E-state index is 0.158. The summed E-state index contributed by atoms with van der Waals surface area (Å²) in [6.07, 6.45) is 0. The van der Waals surface area contributed by atoms with Gasteiger partial charge in [-0.2, -0.15) is 0 Å². The number of carbonyl (C=O) groups excluding carboxylic acids is 3. The Hall–Kier alpha value is -2.67. The van der Waals surface area contributed by atoms with Crippen molar-refractivity contribution in [2.24, 2.45) is 0 Å². The van der Waals surface area contributed by atoms with Gasteiger partial charge in [0.25, 0.3) is 5.91 Å². The average Bonchev–Trinajstić information content (AvgIpc) is 2.89. The second kappa shape index (κ2) is 7.48. The second-order valence-electron chi connectivity index (χ2n) is 5.52. The first-order valence-electron chi connectivity index (χ1n) is 7.48. The van der Waals surface area contributed by atoms with Crippen molar-refractivity contribution in [3.8, 4) is 0 Å². The number of rotatable bonds is 4. The molecule has 0 unspecified atom stereocenters. The average molecular weight is 361 g/mol. The minimum Gasteiger partial charge on any atom is -0.465 e. The molecule has 7 heteroatoms. The lowest BCUT2D eigenvalue weighted by Crippen LogP contribution is -2.15. The molecule has 1 heterocycles. The normalized spacial score (nSPS) is 10.3. The van der Waals surface area contributed by atoms with Gasteiger partial charge >= 0.3 is 11.9 Å². The molecule has 0 aliphatic rings. The van der Waals surface area contributed by atoms with E-state index in [2.05, 4.69) is 5.32 Å². The van der Waals surface area contributed by atoms with Crippen LogP contribution in [0.2, 0.25) is 0 Å². The molecule has 1 N–H and O–H groups in total. The summed E-state index contributed by atoms with van der Waals surface area (Å²) < 4.78 is 9.50. The molecule has 25 heavy (non-hydrogen) atoms. The van der Waals surface area contributed by atoms with Gasteiger partial charge in [0.05, 0.1) is 19.8 Å². The maximum Gasteiger partial charge on any atom is 0.348 e. The topological polar surface area (TPSA) is 81.7 Å². The molecule has 0 aliphatic heterocycles. The molecule has 0 atom stereocenters. The Kier molecular flexibility index (Phi) is 5.58. The number of amides is 1. The third-order valence-corrected chi connectivity index (χ3v) is 4.95. The van der Waals surface area contributed by atoms with Gasteiger partial charge in [-0.15, -0.1) is 11.3 Å². The first kappa shape index (κ1) is 18.7. The molecule has 1 amide bonds. The number of esters is 2. The van der Waals surface area contributed by atoms with Crippen LogP contribution in [0.5, 0.6) is 0 Å². The summed E-state index contributed by atoms with van der Waals surface area (Å²) in [5.41, 5.74) is 2.93. The molecule has 2 aromatic rings. The zero-order valence-corrected chi connectivity index (χ0v) is 15.5. The quantitative estimate of drug-likeness (QED) is 0.843. The fourth-order valence-electron chi connectivity index (χ4n) is 2.48. The van der Waals surface area contributed by atoms with E-state index in [1.807, 2.05) is 26.0 Å². The number of methoxy groups -OCH3 is 2. The van der Waals surface area contributed by atoms with Crippen molar-refractivity contribution in [3.05, 3.63) is 50.9 Å². The van der Waals surface area contributed by atoms with Crippen molar-refractivity contribution < 1.29 is 23.9 Å². The van der Waals surface area contributed by atoms with E-state index in [9.17, 15) is 14.4 Å². The summed E-state index contributed by atoms with van der Waals surface area (Å²) in [5, 5.41) is 2.97. The standard InChI is InChI=1S/C18H19NO5S/c1-9-6-7-12(10(2)8-9)15(20)19-16-13(17(21)23-4)11(3)14(25-16)18(22)24-5/h6-8H,1-5H3,(H,19,20). The Morgan fingerprint density at radius 1 is 1.00 bits per heavy atom. The fourth-order valence-corrected chi connectivity index (χ4v) is 3.58. The van der Waals surface area contributed by atoms with Crippen molar-refractivity contribution in [1.29, 1.82) is 0 Å². The molecule has 0 bridgehead atoms. The lowest BCUT2D eigenvalue weighted by molar-refractivity contribution is 0.0601. The first-order valence-corrected chi connectivity index (χ1v) is 8.30. The Balaban J connectivity index is 2.45. The molecule has 6 nitrogen and oxygen atoms in total. The summed E-state index contributed by atoms with van der Waals surface area (Å²) in [6, 6.07) is 5.46. The van der Waals surface area contributed by atoms with Gasteiger partial charge < -0.3 is 14.8 Å². The summed E-state index contributed by atoms with van der Waals surface area (Å²) in [6.45, 7) is 5.39. The monoisotopic (exact) mass is 361 g/mol. The molecular weight excluding hydrogens is 342 g/mol. The lowest BCUT2D eigenvalue weighted by Gasteiger charge is -2.08. The first-order chi connectivity index (χ1) is 11.8. The van der Waals surface area contributed by atoms with Gasteiger partial charge in [-0.05, 0) is 38.0 Å². The summed E-state index contributed by atoms with van der Waals surface area (Å²) in [7, 11) is 2.50. The fraction of sp³-hybridized carbons (Fsp3) is 0.278. The second-order valence-corrected chi connectivity index (χ2v) is 6.54. The molecule has 1 aromatic carbocycles. The van der Waals surface area contributed by atoms with Gasteiger partial charge in [0.2, 0.25) is 0 Å². The number of nitrogens with one attached hydrogen (secondary N) is 1. The number of anilines is 1. The van der Waals surface area contributed by atoms with Crippen LogP contribution in [0.4, 0.5) is 5.00 Å². The Morgan fingerprint density at radius 3 is 2.20 bits per heavy atom. The van der Waals surface area contributed by atoms with Gasteiger partial charge in [-0.3, -0.25) is 4.79 Å². The van der Waals surface area contributed by atoms with Crippen LogP contribution in [-0.2, 0) is 9.47 Å². The summed E-state index contributed by atoms with van der Waals surface area (Å²) in [5.74, 6) is -1.56. The number of carbonyl (C=O) groups is 3. The highest BCUT2D eigenvalue weighted by Crippen LogP contribution is 2.34. The molecule has 0 spiro atoms. The summed E-state index contributed by atoms with van der Waals surface area (Å²) in [4.78, 5) is 36.8. The minimum atomic E-state index is -0.625. The molecule has 1 aromatic heterocycles. The van der Waals surface area contributed by atoms with Crippen LogP contribution in [0.1, 0.15) is 47.1 Å².